The number of carbonyl (C=O) groups is 1. The average Bonchev–Trinajstić information content (AvgIpc) is 2.70. The van der Waals surface area contributed by atoms with Crippen molar-refractivity contribution in [3.8, 4) is 11.5 Å². The lowest BCUT2D eigenvalue weighted by Crippen LogP contribution is -2.05. The molecule has 0 bridgehead atoms. The molecule has 0 fully saturated rings. The maximum absolute atomic E-state index is 13.7. The van der Waals surface area contributed by atoms with Gasteiger partial charge in [0, 0.05) is 17.6 Å². The van der Waals surface area contributed by atoms with E-state index in [9.17, 15) is 9.18 Å². The first-order valence-electron chi connectivity index (χ1n) is 4.38. The minimum absolute atomic E-state index is 0.218. The zero-order valence-electron chi connectivity index (χ0n) is 8.28. The van der Waals surface area contributed by atoms with Crippen molar-refractivity contribution in [2.24, 2.45) is 0 Å². The Morgan fingerprint density at radius 2 is 2.25 bits per heavy atom. The van der Waals surface area contributed by atoms with Gasteiger partial charge in [0.05, 0.1) is 12.6 Å². The fourth-order valence-corrected chi connectivity index (χ4v) is 1.47. The van der Waals surface area contributed by atoms with Gasteiger partial charge in [0.1, 0.15) is 5.75 Å². The van der Waals surface area contributed by atoms with Gasteiger partial charge in [-0.1, -0.05) is 0 Å². The first-order valence-corrected chi connectivity index (χ1v) is 4.38. The maximum atomic E-state index is 13.7. The number of aromatic amines is 1. The third-order valence-electron chi connectivity index (χ3n) is 2.13. The van der Waals surface area contributed by atoms with Gasteiger partial charge in [-0.05, 0) is 6.07 Å². The molecule has 0 unspecified atom stereocenters. The number of aromatic nitrogens is 1. The molecule has 5 nitrogen and oxygen atoms in total. The van der Waals surface area contributed by atoms with Crippen LogP contribution in [0.1, 0.15) is 0 Å². The zero-order valence-corrected chi connectivity index (χ0v) is 8.28. The summed E-state index contributed by atoms with van der Waals surface area (Å²) in [6, 6.07) is 2.66. The van der Waals surface area contributed by atoms with Crippen molar-refractivity contribution in [2.45, 2.75) is 0 Å². The monoisotopic (exact) mass is 225 g/mol. The molecule has 0 radical (unpaired) electrons. The first-order chi connectivity index (χ1) is 7.63. The van der Waals surface area contributed by atoms with E-state index in [-0.39, 0.29) is 11.1 Å². The second kappa shape index (κ2) is 3.73. The summed E-state index contributed by atoms with van der Waals surface area (Å²) < 4.78 is 23.0. The smallest absolute Gasteiger partial charge is 0.494 e. The van der Waals surface area contributed by atoms with Crippen LogP contribution in [0.4, 0.5) is 9.18 Å². The average molecular weight is 225 g/mol. The van der Waals surface area contributed by atoms with Gasteiger partial charge in [0.25, 0.3) is 0 Å². The van der Waals surface area contributed by atoms with Crippen LogP contribution in [0.5, 0.6) is 11.5 Å². The van der Waals surface area contributed by atoms with Crippen LogP contribution in [0.3, 0.4) is 0 Å². The quantitative estimate of drug-likeness (QED) is 0.608. The Morgan fingerprint density at radius 3 is 2.88 bits per heavy atom. The molecular weight excluding hydrogens is 217 g/mol. The van der Waals surface area contributed by atoms with E-state index < -0.39 is 12.0 Å². The summed E-state index contributed by atoms with van der Waals surface area (Å²) in [5.74, 6) is -0.798. The number of rotatable bonds is 2. The largest absolute Gasteiger partial charge is 0.511 e. The minimum atomic E-state index is -1.57. The van der Waals surface area contributed by atoms with Gasteiger partial charge in [0.2, 0.25) is 0 Å². The molecule has 6 heteroatoms. The molecule has 0 saturated carbocycles. The number of nitrogens with one attached hydrogen (secondary N) is 1. The molecule has 84 valence electrons. The van der Waals surface area contributed by atoms with Crippen LogP contribution in [0.25, 0.3) is 10.9 Å². The van der Waals surface area contributed by atoms with Crippen LogP contribution in [0.2, 0.25) is 0 Å². The van der Waals surface area contributed by atoms with E-state index in [1.54, 1.807) is 0 Å². The van der Waals surface area contributed by atoms with Gasteiger partial charge in [0.15, 0.2) is 11.6 Å². The van der Waals surface area contributed by atoms with Crippen molar-refractivity contribution in [1.29, 1.82) is 0 Å². The molecule has 2 rings (SSSR count). The van der Waals surface area contributed by atoms with Gasteiger partial charge in [-0.3, -0.25) is 0 Å². The Bertz CT molecular complexity index is 549. The van der Waals surface area contributed by atoms with Crippen LogP contribution < -0.4 is 9.47 Å². The summed E-state index contributed by atoms with van der Waals surface area (Å²) >= 11 is 0. The fraction of sp³-hybridized carbons (Fsp3) is 0.100. The van der Waals surface area contributed by atoms with Crippen LogP contribution in [0, 0.1) is 5.82 Å². The Balaban J connectivity index is 2.65. The maximum Gasteiger partial charge on any atom is 0.511 e. The Labute approximate surface area is 89.4 Å². The fourth-order valence-electron chi connectivity index (χ4n) is 1.47. The highest BCUT2D eigenvalue weighted by molar-refractivity contribution is 5.88. The topological polar surface area (TPSA) is 71.6 Å². The SMILES string of the molecule is COc1cc(OC(=O)O)c(F)c2cc[nH]c12. The second-order valence-corrected chi connectivity index (χ2v) is 3.03. The molecule has 2 aromatic rings. The third-order valence-corrected chi connectivity index (χ3v) is 2.13. The molecule has 0 spiro atoms. The molecule has 0 aliphatic rings. The lowest BCUT2D eigenvalue weighted by Gasteiger charge is -2.07. The molecule has 0 aliphatic heterocycles. The predicted octanol–water partition coefficient (Wildman–Crippen LogP) is 2.37. The molecular formula is C10H8FNO4. The van der Waals surface area contributed by atoms with E-state index in [1.165, 1.54) is 25.4 Å². The molecule has 0 atom stereocenters. The van der Waals surface area contributed by atoms with Crippen molar-refractivity contribution >= 4 is 17.1 Å². The van der Waals surface area contributed by atoms with E-state index in [2.05, 4.69) is 9.72 Å². The molecule has 1 aromatic carbocycles. The van der Waals surface area contributed by atoms with E-state index >= 15 is 0 Å². The van der Waals surface area contributed by atoms with E-state index in [0.29, 0.717) is 11.3 Å². The highest BCUT2D eigenvalue weighted by Gasteiger charge is 2.16. The molecule has 16 heavy (non-hydrogen) atoms. The minimum Gasteiger partial charge on any atom is -0.494 e. The summed E-state index contributed by atoms with van der Waals surface area (Å²) in [5.41, 5.74) is 0.456. The summed E-state index contributed by atoms with van der Waals surface area (Å²) in [6.07, 6.45) is -0.0447. The van der Waals surface area contributed by atoms with E-state index in [1.807, 2.05) is 0 Å². The number of hydrogen-bond acceptors (Lipinski definition) is 3. The lowest BCUT2D eigenvalue weighted by atomic mass is 10.2. The number of hydrogen-bond donors (Lipinski definition) is 2. The van der Waals surface area contributed by atoms with Gasteiger partial charge in [-0.15, -0.1) is 0 Å². The highest BCUT2D eigenvalue weighted by Crippen LogP contribution is 2.33. The van der Waals surface area contributed by atoms with Crippen molar-refractivity contribution in [3.05, 3.63) is 24.1 Å². The molecule has 1 heterocycles. The van der Waals surface area contributed by atoms with Crippen LogP contribution in [-0.2, 0) is 0 Å². The third kappa shape index (κ3) is 1.54. The Morgan fingerprint density at radius 1 is 1.50 bits per heavy atom. The van der Waals surface area contributed by atoms with Crippen molar-refractivity contribution in [3.63, 3.8) is 0 Å². The number of fused-ring (bicyclic) bond motifs is 1. The van der Waals surface area contributed by atoms with Gasteiger partial charge in [-0.25, -0.2) is 9.18 Å². The zero-order chi connectivity index (χ0) is 11.7. The first kappa shape index (κ1) is 10.3. The predicted molar refractivity (Wildman–Crippen MR) is 53.5 cm³/mol. The summed E-state index contributed by atoms with van der Waals surface area (Å²) in [7, 11) is 1.40. The van der Waals surface area contributed by atoms with Crippen LogP contribution in [0.15, 0.2) is 18.3 Å². The Kier molecular flexibility index (Phi) is 2.40. The Hall–Kier alpha value is -2.24. The normalized spacial score (nSPS) is 10.4. The van der Waals surface area contributed by atoms with Crippen LogP contribution in [-0.4, -0.2) is 23.4 Å². The summed E-state index contributed by atoms with van der Waals surface area (Å²) in [5, 5.41) is 8.66. The van der Waals surface area contributed by atoms with Crippen molar-refractivity contribution in [2.75, 3.05) is 7.11 Å². The van der Waals surface area contributed by atoms with Crippen molar-refractivity contribution < 1.29 is 23.8 Å². The standard InChI is InChI=1S/C10H8FNO4/c1-15-7-4-6(16-10(13)14)8(11)5-2-3-12-9(5)7/h2-4,12H,1H3,(H,13,14). The number of methoxy groups -OCH3 is 1. The second-order valence-electron chi connectivity index (χ2n) is 3.03. The number of halogens is 1. The van der Waals surface area contributed by atoms with Gasteiger partial charge >= 0.3 is 6.16 Å². The van der Waals surface area contributed by atoms with Crippen molar-refractivity contribution in [1.82, 2.24) is 4.98 Å². The van der Waals surface area contributed by atoms with Crippen LogP contribution >= 0.6 is 0 Å². The van der Waals surface area contributed by atoms with E-state index in [4.69, 9.17) is 9.84 Å². The molecule has 0 saturated heterocycles. The summed E-state index contributed by atoms with van der Waals surface area (Å²) in [4.78, 5) is 13.1. The summed E-state index contributed by atoms with van der Waals surface area (Å²) in [6.45, 7) is 0. The highest BCUT2D eigenvalue weighted by atomic mass is 19.1. The molecule has 0 amide bonds. The number of H-pyrrole nitrogens is 1. The molecule has 1 aromatic heterocycles. The molecule has 0 aliphatic carbocycles. The number of carboxylic acid groups (broad SMARTS) is 1. The van der Waals surface area contributed by atoms with Gasteiger partial charge in [-0.2, -0.15) is 0 Å². The van der Waals surface area contributed by atoms with Gasteiger partial charge < -0.3 is 19.6 Å². The van der Waals surface area contributed by atoms with E-state index in [0.717, 1.165) is 0 Å². The molecule has 2 N–H and O–H groups in total. The number of benzene rings is 1. The number of ether oxygens (including phenoxy) is 2. The lowest BCUT2D eigenvalue weighted by molar-refractivity contribution is 0.142.